The Morgan fingerprint density at radius 1 is 1.53 bits per heavy atom. The van der Waals surface area contributed by atoms with Crippen LogP contribution < -0.4 is 16.8 Å². The molecule has 6 nitrogen and oxygen atoms in total. The van der Waals surface area contributed by atoms with Crippen molar-refractivity contribution in [2.45, 2.75) is 6.42 Å². The summed E-state index contributed by atoms with van der Waals surface area (Å²) < 4.78 is 0. The zero-order valence-corrected chi connectivity index (χ0v) is 8.54. The number of anilines is 1. The van der Waals surface area contributed by atoms with Gasteiger partial charge in [-0.2, -0.15) is 0 Å². The van der Waals surface area contributed by atoms with E-state index < -0.39 is 0 Å². The van der Waals surface area contributed by atoms with E-state index in [9.17, 15) is 4.79 Å². The highest BCUT2D eigenvalue weighted by Crippen LogP contribution is 2.10. The van der Waals surface area contributed by atoms with Crippen LogP contribution >= 0.6 is 11.3 Å². The molecular formula is C8H9N5OS. The average Bonchev–Trinajstić information content (AvgIpc) is 2.74. The fourth-order valence-electron chi connectivity index (χ4n) is 1.12. The van der Waals surface area contributed by atoms with E-state index in [0.717, 1.165) is 4.88 Å². The number of hydrazine groups is 1. The number of nitrogen functional groups attached to an aromatic ring is 1. The monoisotopic (exact) mass is 223 g/mol. The number of aromatic amines is 1. The van der Waals surface area contributed by atoms with Gasteiger partial charge >= 0.3 is 0 Å². The SMILES string of the molecule is NNc1nnc(Cc2cccs2)c(=O)[nH]1. The highest BCUT2D eigenvalue weighted by Gasteiger charge is 2.05. The first-order valence-corrected chi connectivity index (χ1v) is 5.12. The zero-order chi connectivity index (χ0) is 10.7. The van der Waals surface area contributed by atoms with Crippen molar-refractivity contribution in [1.29, 1.82) is 0 Å². The molecule has 15 heavy (non-hydrogen) atoms. The van der Waals surface area contributed by atoms with Crippen LogP contribution in [0, 0.1) is 0 Å². The third-order valence-corrected chi connectivity index (χ3v) is 2.70. The summed E-state index contributed by atoms with van der Waals surface area (Å²) in [4.78, 5) is 15.0. The van der Waals surface area contributed by atoms with E-state index >= 15 is 0 Å². The number of nitrogens with two attached hydrogens (primary N) is 1. The molecule has 0 saturated heterocycles. The van der Waals surface area contributed by atoms with Crippen LogP contribution in [-0.4, -0.2) is 15.2 Å². The fraction of sp³-hybridized carbons (Fsp3) is 0.125. The molecule has 0 aliphatic rings. The normalized spacial score (nSPS) is 10.2. The van der Waals surface area contributed by atoms with Crippen molar-refractivity contribution in [3.8, 4) is 0 Å². The van der Waals surface area contributed by atoms with Crippen molar-refractivity contribution in [3.05, 3.63) is 38.4 Å². The van der Waals surface area contributed by atoms with Crippen molar-refractivity contribution in [2.75, 3.05) is 5.43 Å². The lowest BCUT2D eigenvalue weighted by Gasteiger charge is -1.99. The summed E-state index contributed by atoms with van der Waals surface area (Å²) in [6, 6.07) is 3.87. The fourth-order valence-corrected chi connectivity index (χ4v) is 1.83. The first-order valence-electron chi connectivity index (χ1n) is 4.24. The number of H-pyrrole nitrogens is 1. The van der Waals surface area contributed by atoms with E-state index in [-0.39, 0.29) is 11.5 Å². The molecule has 2 rings (SSSR count). The van der Waals surface area contributed by atoms with Crippen molar-refractivity contribution < 1.29 is 0 Å². The quantitative estimate of drug-likeness (QED) is 0.506. The Labute approximate surface area is 89.1 Å². The Balaban J connectivity index is 2.26. The lowest BCUT2D eigenvalue weighted by Crippen LogP contribution is -2.21. The first kappa shape index (κ1) is 9.81. The highest BCUT2D eigenvalue weighted by molar-refractivity contribution is 7.09. The van der Waals surface area contributed by atoms with Crippen LogP contribution in [0.3, 0.4) is 0 Å². The minimum atomic E-state index is -0.272. The summed E-state index contributed by atoms with van der Waals surface area (Å²) in [5.74, 6) is 5.25. The minimum Gasteiger partial charge on any atom is -0.293 e. The Morgan fingerprint density at radius 3 is 3.00 bits per heavy atom. The molecular weight excluding hydrogens is 214 g/mol. The number of nitrogens with one attached hydrogen (secondary N) is 2. The average molecular weight is 223 g/mol. The Bertz CT molecular complexity index is 492. The number of thiophene rings is 1. The van der Waals surface area contributed by atoms with Crippen molar-refractivity contribution in [2.24, 2.45) is 5.84 Å². The summed E-state index contributed by atoms with van der Waals surface area (Å²) in [7, 11) is 0. The molecule has 0 amide bonds. The van der Waals surface area contributed by atoms with Gasteiger partial charge in [-0.15, -0.1) is 21.5 Å². The van der Waals surface area contributed by atoms with Gasteiger partial charge in [0.1, 0.15) is 5.69 Å². The molecule has 0 aromatic carbocycles. The third-order valence-electron chi connectivity index (χ3n) is 1.82. The highest BCUT2D eigenvalue weighted by atomic mass is 32.1. The second-order valence-electron chi connectivity index (χ2n) is 2.85. The molecule has 0 radical (unpaired) electrons. The largest absolute Gasteiger partial charge is 0.293 e. The summed E-state index contributed by atoms with van der Waals surface area (Å²) >= 11 is 1.58. The summed E-state index contributed by atoms with van der Waals surface area (Å²) in [5, 5.41) is 9.45. The molecule has 4 N–H and O–H groups in total. The Hall–Kier alpha value is -1.73. The zero-order valence-electron chi connectivity index (χ0n) is 7.73. The molecule has 0 saturated carbocycles. The molecule has 0 fully saturated rings. The van der Waals surface area contributed by atoms with Gasteiger partial charge in [-0.3, -0.25) is 15.2 Å². The van der Waals surface area contributed by atoms with Gasteiger partial charge in [0, 0.05) is 11.3 Å². The molecule has 0 aliphatic heterocycles. The maximum atomic E-state index is 11.5. The van der Waals surface area contributed by atoms with Gasteiger partial charge in [0.15, 0.2) is 0 Å². The molecule has 0 aliphatic carbocycles. The minimum absolute atomic E-state index is 0.162. The molecule has 2 aromatic heterocycles. The maximum absolute atomic E-state index is 11.5. The number of hydrogen-bond donors (Lipinski definition) is 3. The standard InChI is InChI=1S/C8H9N5OS/c9-11-8-10-7(14)6(12-13-8)4-5-2-1-3-15-5/h1-3H,4,9H2,(H2,10,11,13,14). The Kier molecular flexibility index (Phi) is 2.75. The van der Waals surface area contributed by atoms with Crippen LogP contribution in [0.15, 0.2) is 22.3 Å². The van der Waals surface area contributed by atoms with Gasteiger partial charge in [0.2, 0.25) is 5.95 Å². The van der Waals surface area contributed by atoms with Gasteiger partial charge < -0.3 is 0 Å². The number of hydrogen-bond acceptors (Lipinski definition) is 6. The van der Waals surface area contributed by atoms with E-state index in [1.54, 1.807) is 11.3 Å². The molecule has 0 spiro atoms. The first-order chi connectivity index (χ1) is 7.29. The van der Waals surface area contributed by atoms with E-state index in [0.29, 0.717) is 12.1 Å². The second kappa shape index (κ2) is 4.20. The van der Waals surface area contributed by atoms with Crippen LogP contribution in [0.1, 0.15) is 10.6 Å². The van der Waals surface area contributed by atoms with Crippen LogP contribution in [0.5, 0.6) is 0 Å². The summed E-state index contributed by atoms with van der Waals surface area (Å²) in [6.07, 6.45) is 0.491. The van der Waals surface area contributed by atoms with E-state index in [4.69, 9.17) is 5.84 Å². The predicted octanol–water partition coefficient (Wildman–Crippen LogP) is 0.103. The molecule has 0 unspecified atom stereocenters. The number of aromatic nitrogens is 3. The molecule has 0 bridgehead atoms. The molecule has 2 heterocycles. The topological polar surface area (TPSA) is 96.7 Å². The van der Waals surface area contributed by atoms with Crippen molar-refractivity contribution >= 4 is 17.3 Å². The summed E-state index contributed by atoms with van der Waals surface area (Å²) in [5.41, 5.74) is 2.34. The van der Waals surface area contributed by atoms with Crippen LogP contribution in [0.2, 0.25) is 0 Å². The molecule has 78 valence electrons. The number of nitrogens with zero attached hydrogens (tertiary/aromatic N) is 2. The third kappa shape index (κ3) is 2.20. The van der Waals surface area contributed by atoms with E-state index in [1.165, 1.54) is 0 Å². The number of rotatable bonds is 3. The smallest absolute Gasteiger partial charge is 0.274 e. The van der Waals surface area contributed by atoms with Gasteiger partial charge in [-0.1, -0.05) is 6.07 Å². The lowest BCUT2D eigenvalue weighted by molar-refractivity contribution is 0.870. The van der Waals surface area contributed by atoms with Crippen molar-refractivity contribution in [3.63, 3.8) is 0 Å². The second-order valence-corrected chi connectivity index (χ2v) is 3.88. The summed E-state index contributed by atoms with van der Waals surface area (Å²) in [6.45, 7) is 0. The molecule has 7 heteroatoms. The van der Waals surface area contributed by atoms with Crippen LogP contribution in [-0.2, 0) is 6.42 Å². The molecule has 2 aromatic rings. The van der Waals surface area contributed by atoms with Crippen LogP contribution in [0.25, 0.3) is 0 Å². The van der Waals surface area contributed by atoms with Crippen molar-refractivity contribution in [1.82, 2.24) is 15.2 Å². The predicted molar refractivity (Wildman–Crippen MR) is 57.6 cm³/mol. The van der Waals surface area contributed by atoms with Crippen LogP contribution in [0.4, 0.5) is 5.95 Å². The van der Waals surface area contributed by atoms with Gasteiger partial charge in [0.05, 0.1) is 0 Å². The maximum Gasteiger partial charge on any atom is 0.274 e. The van der Waals surface area contributed by atoms with Gasteiger partial charge in [0.25, 0.3) is 5.56 Å². The molecule has 0 atom stereocenters. The van der Waals surface area contributed by atoms with E-state index in [2.05, 4.69) is 20.6 Å². The Morgan fingerprint density at radius 2 is 2.40 bits per heavy atom. The van der Waals surface area contributed by atoms with Gasteiger partial charge in [-0.05, 0) is 11.4 Å². The lowest BCUT2D eigenvalue weighted by atomic mass is 10.3. The van der Waals surface area contributed by atoms with Gasteiger partial charge in [-0.25, -0.2) is 5.84 Å². The van der Waals surface area contributed by atoms with E-state index in [1.807, 2.05) is 17.5 Å².